The summed E-state index contributed by atoms with van der Waals surface area (Å²) in [6.45, 7) is 4.71. The number of rotatable bonds is 7. The summed E-state index contributed by atoms with van der Waals surface area (Å²) in [6, 6.07) is 6.81. The largest absolute Gasteiger partial charge is 0.379 e. The molecule has 0 bridgehead atoms. The minimum Gasteiger partial charge on any atom is -0.379 e. The third kappa shape index (κ3) is 4.02. The number of hydrogen-bond donors (Lipinski definition) is 1. The number of likely N-dealkylation sites (N-methyl/N-ethyl adjacent to an activating group) is 1. The first-order valence-corrected chi connectivity index (χ1v) is 6.11. The normalized spacial score (nSPS) is 10.4. The monoisotopic (exact) mass is 243 g/mol. The predicted molar refractivity (Wildman–Crippen MR) is 69.0 cm³/mol. The van der Waals surface area contributed by atoms with Gasteiger partial charge in [-0.2, -0.15) is 12.6 Å². The van der Waals surface area contributed by atoms with Crippen molar-refractivity contribution in [2.45, 2.75) is 6.92 Å². The molecule has 2 nitrogen and oxygen atoms in total. The molecule has 1 aromatic carbocycles. The van der Waals surface area contributed by atoms with Gasteiger partial charge in [0, 0.05) is 18.8 Å². The van der Waals surface area contributed by atoms with Gasteiger partial charge in [0.2, 0.25) is 0 Å². The Morgan fingerprint density at radius 3 is 2.69 bits per heavy atom. The van der Waals surface area contributed by atoms with Gasteiger partial charge in [0.25, 0.3) is 0 Å². The molecule has 0 aromatic heterocycles. The number of ether oxygens (including phenoxy) is 1. The predicted octanol–water partition coefficient (Wildman–Crippen LogP) is 2.60. The van der Waals surface area contributed by atoms with Crippen LogP contribution < -0.4 is 4.90 Å². The summed E-state index contributed by atoms with van der Waals surface area (Å²) in [6.07, 6.45) is 0. The molecule has 0 unspecified atom stereocenters. The Kier molecular flexibility index (Phi) is 6.26. The Labute approximate surface area is 102 Å². The molecule has 16 heavy (non-hydrogen) atoms. The molecule has 0 aliphatic carbocycles. The average molecular weight is 243 g/mol. The molecule has 0 spiro atoms. The van der Waals surface area contributed by atoms with Crippen molar-refractivity contribution < 1.29 is 9.13 Å². The average Bonchev–Trinajstić information content (AvgIpc) is 2.31. The van der Waals surface area contributed by atoms with E-state index in [1.54, 1.807) is 12.1 Å². The Balaban J connectivity index is 2.51. The van der Waals surface area contributed by atoms with Crippen LogP contribution in [-0.4, -0.2) is 32.1 Å². The molecule has 0 heterocycles. The Morgan fingerprint density at radius 1 is 1.31 bits per heavy atom. The smallest absolute Gasteiger partial charge is 0.146 e. The van der Waals surface area contributed by atoms with Crippen molar-refractivity contribution in [1.29, 1.82) is 0 Å². The van der Waals surface area contributed by atoms with E-state index >= 15 is 0 Å². The van der Waals surface area contributed by atoms with E-state index in [9.17, 15) is 4.39 Å². The summed E-state index contributed by atoms with van der Waals surface area (Å²) in [5.41, 5.74) is 0.638. The van der Waals surface area contributed by atoms with E-state index in [-0.39, 0.29) is 5.82 Å². The molecule has 0 aliphatic heterocycles. The standard InChI is InChI=1S/C12H18FNOS/c1-2-14(7-8-15-9-10-16)12-6-4-3-5-11(12)13/h3-6,16H,2,7-10H2,1H3. The maximum atomic E-state index is 13.5. The number of halogens is 1. The summed E-state index contributed by atoms with van der Waals surface area (Å²) in [7, 11) is 0. The summed E-state index contributed by atoms with van der Waals surface area (Å²) in [5, 5.41) is 0. The Hall–Kier alpha value is -0.740. The molecular formula is C12H18FNOS. The van der Waals surface area contributed by atoms with Crippen LogP contribution in [0.4, 0.5) is 10.1 Å². The molecule has 90 valence electrons. The van der Waals surface area contributed by atoms with Crippen LogP contribution in [0.5, 0.6) is 0 Å². The highest BCUT2D eigenvalue weighted by Gasteiger charge is 2.08. The minimum absolute atomic E-state index is 0.182. The van der Waals surface area contributed by atoms with Crippen molar-refractivity contribution in [2.75, 3.05) is 37.0 Å². The number of anilines is 1. The van der Waals surface area contributed by atoms with Gasteiger partial charge in [-0.1, -0.05) is 12.1 Å². The van der Waals surface area contributed by atoms with Crippen molar-refractivity contribution in [2.24, 2.45) is 0 Å². The molecule has 0 amide bonds. The molecule has 4 heteroatoms. The fraction of sp³-hybridized carbons (Fsp3) is 0.500. The van der Waals surface area contributed by atoms with Crippen molar-refractivity contribution >= 4 is 18.3 Å². The van der Waals surface area contributed by atoms with E-state index < -0.39 is 0 Å². The van der Waals surface area contributed by atoms with Gasteiger partial charge in [-0.3, -0.25) is 0 Å². The van der Waals surface area contributed by atoms with Gasteiger partial charge in [0.1, 0.15) is 5.82 Å². The molecule has 0 aliphatic rings. The van der Waals surface area contributed by atoms with Crippen molar-refractivity contribution in [3.05, 3.63) is 30.1 Å². The lowest BCUT2D eigenvalue weighted by molar-refractivity contribution is 0.156. The fourth-order valence-electron chi connectivity index (χ4n) is 1.50. The molecule has 0 fully saturated rings. The first kappa shape index (κ1) is 13.3. The highest BCUT2D eigenvalue weighted by Crippen LogP contribution is 2.17. The summed E-state index contributed by atoms with van der Waals surface area (Å²) < 4.78 is 18.8. The van der Waals surface area contributed by atoms with Crippen LogP contribution in [0.3, 0.4) is 0 Å². The summed E-state index contributed by atoms with van der Waals surface area (Å²) >= 11 is 4.06. The fourth-order valence-corrected chi connectivity index (χ4v) is 1.63. The molecule has 0 atom stereocenters. The maximum absolute atomic E-state index is 13.5. The number of benzene rings is 1. The van der Waals surface area contributed by atoms with Crippen LogP contribution in [0.2, 0.25) is 0 Å². The highest BCUT2D eigenvalue weighted by atomic mass is 32.1. The second-order valence-electron chi connectivity index (χ2n) is 3.37. The van der Waals surface area contributed by atoms with Gasteiger partial charge < -0.3 is 9.64 Å². The number of nitrogens with zero attached hydrogens (tertiary/aromatic N) is 1. The summed E-state index contributed by atoms with van der Waals surface area (Å²) in [4.78, 5) is 1.97. The quantitative estimate of drug-likeness (QED) is 0.584. The lowest BCUT2D eigenvalue weighted by atomic mass is 10.2. The molecule has 0 radical (unpaired) electrons. The number of hydrogen-bond acceptors (Lipinski definition) is 3. The molecule has 0 N–H and O–H groups in total. The second kappa shape index (κ2) is 7.52. The van der Waals surface area contributed by atoms with Gasteiger partial charge in [-0.15, -0.1) is 0 Å². The minimum atomic E-state index is -0.182. The van der Waals surface area contributed by atoms with Gasteiger partial charge in [0.15, 0.2) is 0 Å². The zero-order chi connectivity index (χ0) is 11.8. The first-order valence-electron chi connectivity index (χ1n) is 5.47. The lowest BCUT2D eigenvalue weighted by Crippen LogP contribution is -2.28. The molecule has 1 aromatic rings. The lowest BCUT2D eigenvalue weighted by Gasteiger charge is -2.23. The van der Waals surface area contributed by atoms with E-state index in [0.29, 0.717) is 31.2 Å². The van der Waals surface area contributed by atoms with Crippen molar-refractivity contribution in [3.8, 4) is 0 Å². The van der Waals surface area contributed by atoms with E-state index in [4.69, 9.17) is 4.74 Å². The highest BCUT2D eigenvalue weighted by molar-refractivity contribution is 7.80. The van der Waals surface area contributed by atoms with Crippen LogP contribution in [0.15, 0.2) is 24.3 Å². The zero-order valence-corrected chi connectivity index (χ0v) is 10.4. The number of para-hydroxylation sites is 1. The van der Waals surface area contributed by atoms with Crippen LogP contribution in [0, 0.1) is 5.82 Å². The molecular weight excluding hydrogens is 225 g/mol. The van der Waals surface area contributed by atoms with Gasteiger partial charge in [0.05, 0.1) is 18.9 Å². The van der Waals surface area contributed by atoms with E-state index in [1.807, 2.05) is 17.9 Å². The topological polar surface area (TPSA) is 12.5 Å². The van der Waals surface area contributed by atoms with E-state index in [2.05, 4.69) is 12.6 Å². The van der Waals surface area contributed by atoms with E-state index in [0.717, 1.165) is 6.54 Å². The molecule has 0 saturated heterocycles. The number of thiol groups is 1. The van der Waals surface area contributed by atoms with Crippen LogP contribution in [0.25, 0.3) is 0 Å². The van der Waals surface area contributed by atoms with Gasteiger partial charge in [-0.25, -0.2) is 4.39 Å². The van der Waals surface area contributed by atoms with Crippen LogP contribution in [-0.2, 0) is 4.74 Å². The van der Waals surface area contributed by atoms with Gasteiger partial charge >= 0.3 is 0 Å². The second-order valence-corrected chi connectivity index (χ2v) is 3.81. The molecule has 1 rings (SSSR count). The maximum Gasteiger partial charge on any atom is 0.146 e. The zero-order valence-electron chi connectivity index (χ0n) is 9.53. The van der Waals surface area contributed by atoms with Crippen molar-refractivity contribution in [1.82, 2.24) is 0 Å². The molecule has 0 saturated carbocycles. The summed E-state index contributed by atoms with van der Waals surface area (Å²) in [5.74, 6) is 0.532. The Morgan fingerprint density at radius 2 is 2.06 bits per heavy atom. The van der Waals surface area contributed by atoms with E-state index in [1.165, 1.54) is 6.07 Å². The SMILES string of the molecule is CCN(CCOCCS)c1ccccc1F. The first-order chi connectivity index (χ1) is 7.79. The van der Waals surface area contributed by atoms with Crippen LogP contribution in [0.1, 0.15) is 6.92 Å². The third-order valence-electron chi connectivity index (χ3n) is 2.32. The third-order valence-corrected chi connectivity index (χ3v) is 2.50. The van der Waals surface area contributed by atoms with Gasteiger partial charge in [-0.05, 0) is 19.1 Å². The van der Waals surface area contributed by atoms with Crippen LogP contribution >= 0.6 is 12.6 Å². The Bertz CT molecular complexity index is 309. The van der Waals surface area contributed by atoms with Crippen molar-refractivity contribution in [3.63, 3.8) is 0 Å².